The highest BCUT2D eigenvalue weighted by Gasteiger charge is 2.26. The van der Waals surface area contributed by atoms with Gasteiger partial charge in [-0.1, -0.05) is 0 Å². The van der Waals surface area contributed by atoms with Gasteiger partial charge >= 0.3 is 0 Å². The largest absolute Gasteiger partial charge is 0.380 e. The van der Waals surface area contributed by atoms with Gasteiger partial charge < -0.3 is 15.4 Å². The Balaban J connectivity index is 2.39. The van der Waals surface area contributed by atoms with Crippen molar-refractivity contribution in [1.29, 1.82) is 0 Å². The molecule has 72 valence electrons. The number of rotatable bonds is 3. The van der Waals surface area contributed by atoms with Gasteiger partial charge in [-0.2, -0.15) is 0 Å². The van der Waals surface area contributed by atoms with E-state index in [1.165, 1.54) is 13.0 Å². The van der Waals surface area contributed by atoms with Crippen molar-refractivity contribution in [2.75, 3.05) is 33.8 Å². The Kier molecular flexibility index (Phi) is 3.98. The Morgan fingerprint density at radius 3 is 2.92 bits per heavy atom. The number of methoxy groups -OCH3 is 1. The van der Waals surface area contributed by atoms with Crippen molar-refractivity contribution in [2.24, 2.45) is 11.7 Å². The van der Waals surface area contributed by atoms with Crippen LogP contribution in [0.5, 0.6) is 0 Å². The van der Waals surface area contributed by atoms with Crippen molar-refractivity contribution in [1.82, 2.24) is 4.90 Å². The number of piperidine rings is 1. The average molecular weight is 172 g/mol. The van der Waals surface area contributed by atoms with E-state index in [-0.39, 0.29) is 0 Å². The van der Waals surface area contributed by atoms with Gasteiger partial charge in [0.1, 0.15) is 0 Å². The van der Waals surface area contributed by atoms with Gasteiger partial charge in [-0.25, -0.2) is 0 Å². The van der Waals surface area contributed by atoms with Crippen LogP contribution in [0.15, 0.2) is 0 Å². The summed E-state index contributed by atoms with van der Waals surface area (Å²) in [6.07, 6.45) is 2.73. The van der Waals surface area contributed by atoms with Crippen LogP contribution in [0.4, 0.5) is 0 Å². The summed E-state index contributed by atoms with van der Waals surface area (Å²) in [6, 6.07) is 0. The van der Waals surface area contributed by atoms with Gasteiger partial charge in [-0.05, 0) is 38.9 Å². The standard InChI is InChI=1S/C9H20N2O/c1-11-6-4-8(3-5-10)9(7-11)12-2/h8-9H,3-7,10H2,1-2H3. The summed E-state index contributed by atoms with van der Waals surface area (Å²) in [5.41, 5.74) is 5.54. The third kappa shape index (κ3) is 2.44. The van der Waals surface area contributed by atoms with Gasteiger partial charge in [0.15, 0.2) is 0 Å². The fourth-order valence-corrected chi connectivity index (χ4v) is 1.93. The minimum Gasteiger partial charge on any atom is -0.380 e. The molecule has 0 aromatic carbocycles. The maximum Gasteiger partial charge on any atom is 0.0727 e. The molecule has 1 fully saturated rings. The predicted octanol–water partition coefficient (Wildman–Crippen LogP) is 0.302. The molecule has 12 heavy (non-hydrogen) atoms. The first kappa shape index (κ1) is 9.96. The third-order valence-corrected chi connectivity index (χ3v) is 2.74. The average Bonchev–Trinajstić information content (AvgIpc) is 2.08. The van der Waals surface area contributed by atoms with E-state index in [0.717, 1.165) is 19.5 Å². The molecule has 3 nitrogen and oxygen atoms in total. The highest BCUT2D eigenvalue weighted by atomic mass is 16.5. The SMILES string of the molecule is COC1CN(C)CCC1CCN. The quantitative estimate of drug-likeness (QED) is 0.665. The minimum atomic E-state index is 0.396. The lowest BCUT2D eigenvalue weighted by Gasteiger charge is -2.35. The molecule has 0 saturated carbocycles. The highest BCUT2D eigenvalue weighted by molar-refractivity contribution is 4.79. The summed E-state index contributed by atoms with van der Waals surface area (Å²) in [6.45, 7) is 3.03. The van der Waals surface area contributed by atoms with Gasteiger partial charge in [-0.3, -0.25) is 0 Å². The molecule has 0 radical (unpaired) electrons. The maximum atomic E-state index is 5.54. The van der Waals surface area contributed by atoms with Gasteiger partial charge in [0.25, 0.3) is 0 Å². The van der Waals surface area contributed by atoms with Gasteiger partial charge in [-0.15, -0.1) is 0 Å². The predicted molar refractivity (Wildman–Crippen MR) is 50.1 cm³/mol. The molecule has 1 aliphatic heterocycles. The molecule has 1 aliphatic rings. The molecular weight excluding hydrogens is 152 g/mol. The molecule has 2 atom stereocenters. The number of hydrogen-bond acceptors (Lipinski definition) is 3. The van der Waals surface area contributed by atoms with Crippen LogP contribution in [-0.4, -0.2) is 44.8 Å². The molecule has 0 amide bonds. The molecule has 2 unspecified atom stereocenters. The zero-order valence-electron chi connectivity index (χ0n) is 8.12. The molecule has 2 N–H and O–H groups in total. The van der Waals surface area contributed by atoms with Crippen molar-refractivity contribution in [3.63, 3.8) is 0 Å². The van der Waals surface area contributed by atoms with E-state index in [1.54, 1.807) is 7.11 Å². The molecule has 0 aliphatic carbocycles. The van der Waals surface area contributed by atoms with Crippen molar-refractivity contribution >= 4 is 0 Å². The van der Waals surface area contributed by atoms with Crippen LogP contribution >= 0.6 is 0 Å². The molecule has 0 bridgehead atoms. The van der Waals surface area contributed by atoms with Crippen LogP contribution in [0.2, 0.25) is 0 Å². The summed E-state index contributed by atoms with van der Waals surface area (Å²) in [5, 5.41) is 0. The summed E-state index contributed by atoms with van der Waals surface area (Å²) >= 11 is 0. The first-order chi connectivity index (χ1) is 5.77. The van der Waals surface area contributed by atoms with Crippen LogP contribution in [0.25, 0.3) is 0 Å². The van der Waals surface area contributed by atoms with E-state index in [4.69, 9.17) is 10.5 Å². The molecule has 1 rings (SSSR count). The minimum absolute atomic E-state index is 0.396. The maximum absolute atomic E-state index is 5.54. The van der Waals surface area contributed by atoms with Gasteiger partial charge in [0.2, 0.25) is 0 Å². The molecule has 3 heteroatoms. The zero-order valence-corrected chi connectivity index (χ0v) is 8.12. The van der Waals surface area contributed by atoms with Crippen molar-refractivity contribution < 1.29 is 4.74 Å². The van der Waals surface area contributed by atoms with E-state index >= 15 is 0 Å². The van der Waals surface area contributed by atoms with Gasteiger partial charge in [0.05, 0.1) is 6.10 Å². The van der Waals surface area contributed by atoms with Crippen molar-refractivity contribution in [3.8, 4) is 0 Å². The Bertz CT molecular complexity index is 130. The van der Waals surface area contributed by atoms with Crippen LogP contribution in [0.1, 0.15) is 12.8 Å². The lowest BCUT2D eigenvalue weighted by atomic mass is 9.91. The fraction of sp³-hybridized carbons (Fsp3) is 1.00. The Hall–Kier alpha value is -0.120. The second-order valence-electron chi connectivity index (χ2n) is 3.66. The molecule has 0 spiro atoms. The molecule has 0 aromatic heterocycles. The van der Waals surface area contributed by atoms with Crippen LogP contribution < -0.4 is 5.73 Å². The zero-order chi connectivity index (χ0) is 8.97. The summed E-state index contributed by atoms with van der Waals surface area (Å²) in [5.74, 6) is 0.677. The first-order valence-corrected chi connectivity index (χ1v) is 4.69. The first-order valence-electron chi connectivity index (χ1n) is 4.69. The van der Waals surface area contributed by atoms with E-state index in [0.29, 0.717) is 12.0 Å². The third-order valence-electron chi connectivity index (χ3n) is 2.74. The van der Waals surface area contributed by atoms with Crippen molar-refractivity contribution in [2.45, 2.75) is 18.9 Å². The van der Waals surface area contributed by atoms with E-state index < -0.39 is 0 Å². The Labute approximate surface area is 74.9 Å². The van der Waals surface area contributed by atoms with Crippen LogP contribution in [0, 0.1) is 5.92 Å². The summed E-state index contributed by atoms with van der Waals surface area (Å²) < 4.78 is 5.43. The highest BCUT2D eigenvalue weighted by Crippen LogP contribution is 2.21. The number of hydrogen-bond donors (Lipinski definition) is 1. The Morgan fingerprint density at radius 1 is 1.58 bits per heavy atom. The molecule has 0 aromatic rings. The number of nitrogens with two attached hydrogens (primary N) is 1. The molecule has 1 saturated heterocycles. The fourth-order valence-electron chi connectivity index (χ4n) is 1.93. The lowest BCUT2D eigenvalue weighted by Crippen LogP contribution is -2.43. The van der Waals surface area contributed by atoms with E-state index in [1.807, 2.05) is 0 Å². The second kappa shape index (κ2) is 4.80. The smallest absolute Gasteiger partial charge is 0.0727 e. The summed E-state index contributed by atoms with van der Waals surface area (Å²) in [7, 11) is 3.94. The van der Waals surface area contributed by atoms with Crippen LogP contribution in [-0.2, 0) is 4.74 Å². The molecular formula is C9H20N2O. The second-order valence-corrected chi connectivity index (χ2v) is 3.66. The number of likely N-dealkylation sites (tertiary alicyclic amines) is 1. The number of ether oxygens (including phenoxy) is 1. The summed E-state index contributed by atoms with van der Waals surface area (Å²) in [4.78, 5) is 2.32. The van der Waals surface area contributed by atoms with E-state index in [9.17, 15) is 0 Å². The number of nitrogens with zero attached hydrogens (tertiary/aromatic N) is 1. The Morgan fingerprint density at radius 2 is 2.33 bits per heavy atom. The van der Waals surface area contributed by atoms with Gasteiger partial charge in [0, 0.05) is 13.7 Å². The number of likely N-dealkylation sites (N-methyl/N-ethyl adjacent to an activating group) is 1. The topological polar surface area (TPSA) is 38.5 Å². The molecule has 1 heterocycles. The van der Waals surface area contributed by atoms with E-state index in [2.05, 4.69) is 11.9 Å². The van der Waals surface area contributed by atoms with Crippen LogP contribution in [0.3, 0.4) is 0 Å². The monoisotopic (exact) mass is 172 g/mol. The van der Waals surface area contributed by atoms with Crippen molar-refractivity contribution in [3.05, 3.63) is 0 Å². The lowest BCUT2D eigenvalue weighted by molar-refractivity contribution is -0.00540. The normalized spacial score (nSPS) is 32.2.